The van der Waals surface area contributed by atoms with Gasteiger partial charge in [0.2, 0.25) is 5.91 Å². The van der Waals surface area contributed by atoms with Gasteiger partial charge >= 0.3 is 0 Å². The number of aromatic nitrogens is 2. The van der Waals surface area contributed by atoms with E-state index in [1.807, 2.05) is 0 Å². The minimum Gasteiger partial charge on any atom is -0.496 e. The normalized spacial score (nSPS) is 11.4. The Balaban J connectivity index is 2.49. The molecule has 106 valence electrons. The van der Waals surface area contributed by atoms with Crippen molar-refractivity contribution < 1.29 is 9.53 Å². The minimum absolute atomic E-state index is 0.454. The molecule has 0 saturated carbocycles. The Morgan fingerprint density at radius 3 is 2.70 bits per heavy atom. The van der Waals surface area contributed by atoms with E-state index >= 15 is 0 Å². The lowest BCUT2D eigenvalue weighted by Crippen LogP contribution is -2.41. The summed E-state index contributed by atoms with van der Waals surface area (Å²) in [5.74, 6) is 0.210. The van der Waals surface area contributed by atoms with Gasteiger partial charge < -0.3 is 10.5 Å². The van der Waals surface area contributed by atoms with Gasteiger partial charge in [0.05, 0.1) is 12.8 Å². The lowest BCUT2D eigenvalue weighted by atomic mass is 10.1. The lowest BCUT2D eigenvalue weighted by Gasteiger charge is -2.20. The van der Waals surface area contributed by atoms with Crippen LogP contribution in [-0.2, 0) is 10.3 Å². The maximum Gasteiger partial charge on any atom is 0.244 e. The average molecular weight is 294 g/mol. The van der Waals surface area contributed by atoms with E-state index in [2.05, 4.69) is 5.10 Å². The molecule has 0 unspecified atom stereocenters. The summed E-state index contributed by atoms with van der Waals surface area (Å²) in [7, 11) is 1.58. The molecular formula is C14H16ClN3O2. The van der Waals surface area contributed by atoms with Gasteiger partial charge in [-0.15, -0.1) is 0 Å². The first-order valence-corrected chi connectivity index (χ1v) is 6.44. The number of rotatable bonds is 4. The van der Waals surface area contributed by atoms with Crippen LogP contribution in [0.25, 0.3) is 11.3 Å². The Hall–Kier alpha value is -2.01. The molecule has 0 radical (unpaired) electrons. The number of primary amides is 1. The maximum atomic E-state index is 11.5. The van der Waals surface area contributed by atoms with Crippen molar-refractivity contribution in [2.24, 2.45) is 5.73 Å². The second-order valence-corrected chi connectivity index (χ2v) is 5.35. The van der Waals surface area contributed by atoms with Crippen molar-refractivity contribution in [1.29, 1.82) is 0 Å². The van der Waals surface area contributed by atoms with E-state index in [0.29, 0.717) is 16.5 Å². The first-order valence-electron chi connectivity index (χ1n) is 6.06. The van der Waals surface area contributed by atoms with Gasteiger partial charge in [-0.2, -0.15) is 5.10 Å². The van der Waals surface area contributed by atoms with Crippen LogP contribution in [0.5, 0.6) is 5.75 Å². The third-order valence-electron chi connectivity index (χ3n) is 3.20. The highest BCUT2D eigenvalue weighted by molar-refractivity contribution is 6.30. The topological polar surface area (TPSA) is 70.1 Å². The molecule has 0 aliphatic heterocycles. The van der Waals surface area contributed by atoms with Crippen molar-refractivity contribution in [3.05, 3.63) is 35.5 Å². The Morgan fingerprint density at radius 1 is 1.40 bits per heavy atom. The van der Waals surface area contributed by atoms with Gasteiger partial charge in [0.15, 0.2) is 0 Å². The van der Waals surface area contributed by atoms with E-state index in [4.69, 9.17) is 22.1 Å². The molecule has 1 amide bonds. The zero-order valence-corrected chi connectivity index (χ0v) is 12.3. The van der Waals surface area contributed by atoms with Crippen molar-refractivity contribution in [2.75, 3.05) is 7.11 Å². The van der Waals surface area contributed by atoms with E-state index in [1.54, 1.807) is 51.4 Å². The second-order valence-electron chi connectivity index (χ2n) is 4.91. The summed E-state index contributed by atoms with van der Waals surface area (Å²) in [6.07, 6.45) is 1.71. The van der Waals surface area contributed by atoms with Gasteiger partial charge in [-0.3, -0.25) is 9.48 Å². The molecule has 0 aliphatic carbocycles. The molecule has 1 heterocycles. The van der Waals surface area contributed by atoms with E-state index in [0.717, 1.165) is 5.56 Å². The quantitative estimate of drug-likeness (QED) is 0.941. The standard InChI is InChI=1S/C14H16ClN3O2/c1-14(2,13(16)19)18-7-6-11(17-18)10-8-9(15)4-5-12(10)20-3/h4-8H,1-3H3,(H2,16,19). The van der Waals surface area contributed by atoms with Crippen LogP contribution < -0.4 is 10.5 Å². The van der Waals surface area contributed by atoms with Crippen molar-refractivity contribution >= 4 is 17.5 Å². The molecule has 0 saturated heterocycles. The molecular weight excluding hydrogens is 278 g/mol. The zero-order valence-electron chi connectivity index (χ0n) is 11.6. The zero-order chi connectivity index (χ0) is 14.9. The van der Waals surface area contributed by atoms with Gasteiger partial charge in [-0.05, 0) is 38.1 Å². The number of halogens is 1. The van der Waals surface area contributed by atoms with Crippen molar-refractivity contribution in [1.82, 2.24) is 9.78 Å². The Labute approximate surface area is 122 Å². The smallest absolute Gasteiger partial charge is 0.244 e. The van der Waals surface area contributed by atoms with E-state index in [9.17, 15) is 4.79 Å². The third-order valence-corrected chi connectivity index (χ3v) is 3.44. The highest BCUT2D eigenvalue weighted by atomic mass is 35.5. The van der Waals surface area contributed by atoms with Crippen LogP contribution in [0, 0.1) is 0 Å². The number of hydrogen-bond acceptors (Lipinski definition) is 3. The van der Waals surface area contributed by atoms with Gasteiger partial charge in [-0.1, -0.05) is 11.6 Å². The molecule has 0 fully saturated rings. The van der Waals surface area contributed by atoms with Crippen molar-refractivity contribution in [3.8, 4) is 17.0 Å². The van der Waals surface area contributed by atoms with E-state index in [-0.39, 0.29) is 0 Å². The van der Waals surface area contributed by atoms with Crippen LogP contribution in [0.4, 0.5) is 0 Å². The fourth-order valence-electron chi connectivity index (χ4n) is 1.77. The van der Waals surface area contributed by atoms with Gasteiger partial charge in [0.1, 0.15) is 11.3 Å². The van der Waals surface area contributed by atoms with E-state index < -0.39 is 11.4 Å². The summed E-state index contributed by atoms with van der Waals surface area (Å²) < 4.78 is 6.83. The molecule has 0 aliphatic rings. The monoisotopic (exact) mass is 293 g/mol. The van der Waals surface area contributed by atoms with Gasteiger partial charge in [0, 0.05) is 16.8 Å². The predicted octanol–water partition coefficient (Wildman–Crippen LogP) is 2.43. The fourth-order valence-corrected chi connectivity index (χ4v) is 1.94. The SMILES string of the molecule is COc1ccc(Cl)cc1-c1ccn(C(C)(C)C(N)=O)n1. The average Bonchev–Trinajstić information content (AvgIpc) is 2.88. The number of carbonyl (C=O) groups is 1. The fraction of sp³-hybridized carbons (Fsp3) is 0.286. The van der Waals surface area contributed by atoms with E-state index in [1.165, 1.54) is 4.68 Å². The van der Waals surface area contributed by atoms with Gasteiger partial charge in [-0.25, -0.2) is 0 Å². The number of nitrogens with zero attached hydrogens (tertiary/aromatic N) is 2. The van der Waals surface area contributed by atoms with Crippen molar-refractivity contribution in [3.63, 3.8) is 0 Å². The number of carbonyl (C=O) groups excluding carboxylic acids is 1. The van der Waals surface area contributed by atoms with Crippen LogP contribution in [0.2, 0.25) is 5.02 Å². The molecule has 6 heteroatoms. The van der Waals surface area contributed by atoms with Crippen LogP contribution in [-0.4, -0.2) is 22.8 Å². The summed E-state index contributed by atoms with van der Waals surface area (Å²) in [6, 6.07) is 7.08. The second kappa shape index (κ2) is 5.17. The minimum atomic E-state index is -0.899. The molecule has 2 N–H and O–H groups in total. The number of methoxy groups -OCH3 is 1. The number of benzene rings is 1. The number of ether oxygens (including phenoxy) is 1. The first kappa shape index (κ1) is 14.4. The molecule has 0 spiro atoms. The summed E-state index contributed by atoms with van der Waals surface area (Å²) in [6.45, 7) is 3.42. The summed E-state index contributed by atoms with van der Waals surface area (Å²) in [4.78, 5) is 11.5. The number of amides is 1. The van der Waals surface area contributed by atoms with Gasteiger partial charge in [0.25, 0.3) is 0 Å². The summed E-state index contributed by atoms with van der Waals surface area (Å²) >= 11 is 6.01. The van der Waals surface area contributed by atoms with Crippen molar-refractivity contribution in [2.45, 2.75) is 19.4 Å². The molecule has 2 aromatic rings. The highest BCUT2D eigenvalue weighted by Gasteiger charge is 2.28. The molecule has 20 heavy (non-hydrogen) atoms. The molecule has 1 aromatic heterocycles. The lowest BCUT2D eigenvalue weighted by molar-refractivity contribution is -0.125. The number of hydrogen-bond donors (Lipinski definition) is 1. The molecule has 0 bridgehead atoms. The Morgan fingerprint density at radius 2 is 2.10 bits per heavy atom. The predicted molar refractivity (Wildman–Crippen MR) is 77.7 cm³/mol. The maximum absolute atomic E-state index is 11.5. The molecule has 2 rings (SSSR count). The first-order chi connectivity index (χ1) is 9.36. The summed E-state index contributed by atoms with van der Waals surface area (Å²) in [5, 5.41) is 4.99. The molecule has 1 aromatic carbocycles. The van der Waals surface area contributed by atoms with Crippen LogP contribution in [0.1, 0.15) is 13.8 Å². The Kier molecular flexibility index (Phi) is 3.72. The third kappa shape index (κ3) is 2.49. The van der Waals surface area contributed by atoms with Crippen LogP contribution >= 0.6 is 11.6 Å². The molecule has 0 atom stereocenters. The molecule has 5 nitrogen and oxygen atoms in total. The van der Waals surface area contributed by atoms with Crippen LogP contribution in [0.3, 0.4) is 0 Å². The summed E-state index contributed by atoms with van der Waals surface area (Å²) in [5.41, 5.74) is 5.91. The highest BCUT2D eigenvalue weighted by Crippen LogP contribution is 2.32. The Bertz CT molecular complexity index is 650. The number of nitrogens with two attached hydrogens (primary N) is 1. The van der Waals surface area contributed by atoms with Crippen LogP contribution in [0.15, 0.2) is 30.5 Å². The largest absolute Gasteiger partial charge is 0.496 e.